The average molecular weight is 418 g/mol. The van der Waals surface area contributed by atoms with Gasteiger partial charge in [0, 0.05) is 25.4 Å². The first-order chi connectivity index (χ1) is 14.0. The molecule has 0 aromatic carbocycles. The molecule has 168 valence electrons. The van der Waals surface area contributed by atoms with Gasteiger partial charge in [-0.1, -0.05) is 45.9 Å². The number of carbonyl (C=O) groups excluding carboxylic acids is 2. The van der Waals surface area contributed by atoms with Gasteiger partial charge >= 0.3 is 5.97 Å². The first-order valence-electron chi connectivity index (χ1n) is 10.8. The number of nitrogens with one attached hydrogen (secondary N) is 1. The zero-order valence-electron chi connectivity index (χ0n) is 19.6. The molecular formula is C24H39N3O3. The third kappa shape index (κ3) is 10.5. The van der Waals surface area contributed by atoms with E-state index in [-0.39, 0.29) is 5.91 Å². The van der Waals surface area contributed by atoms with Crippen LogP contribution in [0.5, 0.6) is 0 Å². The summed E-state index contributed by atoms with van der Waals surface area (Å²) in [6, 6.07) is 3.06. The zero-order valence-corrected chi connectivity index (χ0v) is 19.6. The fourth-order valence-electron chi connectivity index (χ4n) is 2.67. The molecule has 0 fully saturated rings. The summed E-state index contributed by atoms with van der Waals surface area (Å²) in [5.41, 5.74) is 3.50. The molecule has 0 radical (unpaired) electrons. The Morgan fingerprint density at radius 3 is 2.43 bits per heavy atom. The van der Waals surface area contributed by atoms with Gasteiger partial charge in [-0.15, -0.1) is 0 Å². The van der Waals surface area contributed by atoms with Crippen molar-refractivity contribution in [2.75, 3.05) is 6.54 Å². The van der Waals surface area contributed by atoms with Crippen molar-refractivity contribution in [3.8, 4) is 0 Å². The molecule has 0 saturated carbocycles. The van der Waals surface area contributed by atoms with E-state index in [9.17, 15) is 9.59 Å². The number of amides is 1. The minimum Gasteiger partial charge on any atom is -0.458 e. The number of ether oxygens (including phenoxy) is 1. The van der Waals surface area contributed by atoms with Gasteiger partial charge in [0.1, 0.15) is 11.6 Å². The summed E-state index contributed by atoms with van der Waals surface area (Å²) in [4.78, 5) is 30.2. The number of hydrogen-bond donors (Lipinski definition) is 1. The first-order valence-corrected chi connectivity index (χ1v) is 10.8. The van der Waals surface area contributed by atoms with Crippen LogP contribution in [0.25, 0.3) is 6.08 Å². The van der Waals surface area contributed by atoms with Crippen LogP contribution < -0.4 is 5.43 Å². The van der Waals surface area contributed by atoms with E-state index in [1.807, 2.05) is 45.1 Å². The van der Waals surface area contributed by atoms with Crippen molar-refractivity contribution in [1.29, 1.82) is 0 Å². The van der Waals surface area contributed by atoms with Gasteiger partial charge < -0.3 is 4.74 Å². The summed E-state index contributed by atoms with van der Waals surface area (Å²) in [5.74, 6) is 0.240. The van der Waals surface area contributed by atoms with E-state index in [1.165, 1.54) is 5.01 Å². The van der Waals surface area contributed by atoms with Gasteiger partial charge in [-0.25, -0.2) is 10.2 Å². The lowest BCUT2D eigenvalue weighted by molar-refractivity contribution is -0.167. The Balaban J connectivity index is 3.09. The molecule has 1 N–H and O–H groups in total. The Bertz CT molecular complexity index is 679. The molecule has 1 aromatic heterocycles. The van der Waals surface area contributed by atoms with Gasteiger partial charge in [-0.05, 0) is 57.1 Å². The highest BCUT2D eigenvalue weighted by Gasteiger charge is 2.32. The molecule has 6 heteroatoms. The average Bonchev–Trinajstić information content (AvgIpc) is 2.64. The maximum absolute atomic E-state index is 13.0. The summed E-state index contributed by atoms with van der Waals surface area (Å²) in [7, 11) is 0. The second-order valence-corrected chi connectivity index (χ2v) is 9.43. The Morgan fingerprint density at radius 2 is 1.90 bits per heavy atom. The number of rotatable bonds is 11. The molecule has 0 bridgehead atoms. The number of nitrogens with zero attached hydrogens (tertiary/aromatic N) is 2. The van der Waals surface area contributed by atoms with Crippen LogP contribution in [0.15, 0.2) is 30.6 Å². The lowest BCUT2D eigenvalue weighted by atomic mass is 10.1. The fraction of sp³-hybridized carbons (Fsp3) is 0.625. The van der Waals surface area contributed by atoms with Crippen LogP contribution in [0.4, 0.5) is 0 Å². The molecule has 0 unspecified atom stereocenters. The number of carbonyl (C=O) groups is 2. The summed E-state index contributed by atoms with van der Waals surface area (Å²) in [6.07, 6.45) is 8.77. The maximum Gasteiger partial charge on any atom is 0.331 e. The number of hydrazine groups is 1. The molecule has 1 amide bonds. The van der Waals surface area contributed by atoms with Gasteiger partial charge in [-0.2, -0.15) is 0 Å². The topological polar surface area (TPSA) is 71.5 Å². The summed E-state index contributed by atoms with van der Waals surface area (Å²) < 4.78 is 5.65. The Morgan fingerprint density at radius 1 is 1.20 bits per heavy atom. The minimum absolute atomic E-state index is 0.0880. The zero-order chi connectivity index (χ0) is 22.7. The van der Waals surface area contributed by atoms with Gasteiger partial charge in [-0.3, -0.25) is 14.8 Å². The van der Waals surface area contributed by atoms with Crippen LogP contribution >= 0.6 is 0 Å². The van der Waals surface area contributed by atoms with Crippen LogP contribution in [0, 0.1) is 11.8 Å². The van der Waals surface area contributed by atoms with E-state index in [0.29, 0.717) is 31.2 Å². The van der Waals surface area contributed by atoms with Crippen molar-refractivity contribution in [3.63, 3.8) is 0 Å². The number of esters is 1. The molecule has 1 aromatic rings. The fourth-order valence-corrected chi connectivity index (χ4v) is 2.67. The molecule has 1 atom stereocenters. The van der Waals surface area contributed by atoms with E-state index in [0.717, 1.165) is 12.0 Å². The van der Waals surface area contributed by atoms with E-state index in [4.69, 9.17) is 4.74 Å². The molecule has 6 nitrogen and oxygen atoms in total. The van der Waals surface area contributed by atoms with Gasteiger partial charge in [0.15, 0.2) is 0 Å². The normalized spacial score (nSPS) is 13.1. The molecule has 0 aliphatic carbocycles. The van der Waals surface area contributed by atoms with Crippen molar-refractivity contribution in [2.45, 2.75) is 79.4 Å². The van der Waals surface area contributed by atoms with Gasteiger partial charge in [0.25, 0.3) is 0 Å². The highest BCUT2D eigenvalue weighted by Crippen LogP contribution is 2.16. The van der Waals surface area contributed by atoms with Crippen LogP contribution in [0.3, 0.4) is 0 Å². The van der Waals surface area contributed by atoms with Crippen molar-refractivity contribution >= 4 is 18.0 Å². The summed E-state index contributed by atoms with van der Waals surface area (Å²) >= 11 is 0. The molecule has 1 rings (SSSR count). The highest BCUT2D eigenvalue weighted by molar-refractivity contribution is 5.84. The maximum atomic E-state index is 13.0. The molecule has 0 saturated heterocycles. The van der Waals surface area contributed by atoms with Crippen LogP contribution in [-0.4, -0.2) is 40.1 Å². The first kappa shape index (κ1) is 25.8. The third-order valence-corrected chi connectivity index (χ3v) is 4.22. The molecular weight excluding hydrogens is 378 g/mol. The molecule has 1 heterocycles. The molecule has 0 aliphatic rings. The van der Waals surface area contributed by atoms with E-state index >= 15 is 0 Å². The number of pyridine rings is 1. The number of hydrogen-bond acceptors (Lipinski definition) is 5. The quantitative estimate of drug-likeness (QED) is 0.420. The van der Waals surface area contributed by atoms with Crippen molar-refractivity contribution in [2.24, 2.45) is 11.8 Å². The smallest absolute Gasteiger partial charge is 0.331 e. The summed E-state index contributed by atoms with van der Waals surface area (Å²) in [5, 5.41) is 1.49. The Hall–Kier alpha value is -2.21. The minimum atomic E-state index is -0.740. The van der Waals surface area contributed by atoms with Crippen LogP contribution in [0.2, 0.25) is 0 Å². The Kier molecular flexibility index (Phi) is 10.7. The standard InChI is InChI=1S/C24H39N3O3/c1-18(2)13-14-22(28)27(26-16-19(3)4)21(23(29)30-24(5,6)7)12-8-10-20-11-9-15-25-17-20/h8-11,15,17-19,21,26H,12-14,16H2,1-7H3/t21-/m0/s1. The van der Waals surface area contributed by atoms with E-state index < -0.39 is 17.6 Å². The number of aromatic nitrogens is 1. The van der Waals surface area contributed by atoms with Crippen molar-refractivity contribution in [3.05, 3.63) is 36.2 Å². The lowest BCUT2D eigenvalue weighted by Gasteiger charge is -2.33. The summed E-state index contributed by atoms with van der Waals surface area (Å²) in [6.45, 7) is 14.4. The van der Waals surface area contributed by atoms with Crippen LogP contribution in [-0.2, 0) is 14.3 Å². The third-order valence-electron chi connectivity index (χ3n) is 4.22. The van der Waals surface area contributed by atoms with Gasteiger partial charge in [0.2, 0.25) is 5.91 Å². The van der Waals surface area contributed by atoms with E-state index in [1.54, 1.807) is 12.4 Å². The molecule has 30 heavy (non-hydrogen) atoms. The SMILES string of the molecule is CC(C)CCC(=O)N(NCC(C)C)[C@@H](CC=Cc1cccnc1)C(=O)OC(C)(C)C. The van der Waals surface area contributed by atoms with E-state index in [2.05, 4.69) is 38.1 Å². The van der Waals surface area contributed by atoms with Gasteiger partial charge in [0.05, 0.1) is 0 Å². The molecule has 0 spiro atoms. The lowest BCUT2D eigenvalue weighted by Crippen LogP contribution is -2.54. The predicted molar refractivity (Wildman–Crippen MR) is 121 cm³/mol. The predicted octanol–water partition coefficient (Wildman–Crippen LogP) is 4.62. The van der Waals surface area contributed by atoms with Crippen molar-refractivity contribution in [1.82, 2.24) is 15.4 Å². The second kappa shape index (κ2) is 12.5. The largest absolute Gasteiger partial charge is 0.458 e. The highest BCUT2D eigenvalue weighted by atomic mass is 16.6. The Labute approximate surface area is 182 Å². The monoisotopic (exact) mass is 417 g/mol. The second-order valence-electron chi connectivity index (χ2n) is 9.43. The van der Waals surface area contributed by atoms with Crippen LogP contribution in [0.1, 0.15) is 73.3 Å². The van der Waals surface area contributed by atoms with Crippen molar-refractivity contribution < 1.29 is 14.3 Å². The molecule has 0 aliphatic heterocycles.